The van der Waals surface area contributed by atoms with Crippen LogP contribution < -0.4 is 0 Å². The highest BCUT2D eigenvalue weighted by molar-refractivity contribution is 9.11. The topological polar surface area (TPSA) is 6.48 Å². The van der Waals surface area contributed by atoms with Crippen LogP contribution in [0.5, 0.6) is 0 Å². The van der Waals surface area contributed by atoms with Crippen LogP contribution in [0.3, 0.4) is 0 Å². The summed E-state index contributed by atoms with van der Waals surface area (Å²) in [4.78, 5) is 4.56. The standard InChI is InChI=1S/C8H15BrN2/c1-4-5-11-7(2)10(3)6-8(11)9/h6-7H,4-5H2,1-3H3. The lowest BCUT2D eigenvalue weighted by molar-refractivity contribution is 0.193. The zero-order valence-corrected chi connectivity index (χ0v) is 8.93. The zero-order chi connectivity index (χ0) is 8.43. The van der Waals surface area contributed by atoms with Gasteiger partial charge in [-0.05, 0) is 29.3 Å². The van der Waals surface area contributed by atoms with E-state index in [0.717, 1.165) is 6.54 Å². The van der Waals surface area contributed by atoms with E-state index in [2.05, 4.69) is 52.8 Å². The van der Waals surface area contributed by atoms with Crippen molar-refractivity contribution in [2.45, 2.75) is 26.4 Å². The van der Waals surface area contributed by atoms with Crippen LogP contribution in [0.25, 0.3) is 0 Å². The van der Waals surface area contributed by atoms with Crippen LogP contribution in [-0.4, -0.2) is 29.6 Å². The van der Waals surface area contributed by atoms with Gasteiger partial charge in [0.25, 0.3) is 0 Å². The first-order valence-electron chi connectivity index (χ1n) is 4.02. The predicted octanol–water partition coefficient (Wildman–Crippen LogP) is 2.18. The molecule has 0 amide bonds. The van der Waals surface area contributed by atoms with Crippen molar-refractivity contribution in [3.63, 3.8) is 0 Å². The molecule has 0 radical (unpaired) electrons. The van der Waals surface area contributed by atoms with Crippen molar-refractivity contribution in [1.82, 2.24) is 9.80 Å². The van der Waals surface area contributed by atoms with Crippen LogP contribution in [0, 0.1) is 0 Å². The molecular weight excluding hydrogens is 204 g/mol. The SMILES string of the molecule is CCCN1C(Br)=CN(C)C1C. The second kappa shape index (κ2) is 3.48. The number of rotatable bonds is 2. The molecule has 1 unspecified atom stereocenters. The van der Waals surface area contributed by atoms with E-state index < -0.39 is 0 Å². The molecule has 0 N–H and O–H groups in total. The van der Waals surface area contributed by atoms with Gasteiger partial charge in [-0.1, -0.05) is 6.92 Å². The summed E-state index contributed by atoms with van der Waals surface area (Å²) in [5.74, 6) is 0. The quantitative estimate of drug-likeness (QED) is 0.657. The first-order chi connectivity index (χ1) is 5.16. The van der Waals surface area contributed by atoms with E-state index in [1.54, 1.807) is 0 Å². The number of hydrogen-bond donors (Lipinski definition) is 0. The summed E-state index contributed by atoms with van der Waals surface area (Å²) in [6.07, 6.45) is 3.82. The van der Waals surface area contributed by atoms with Gasteiger partial charge in [0, 0.05) is 19.8 Å². The van der Waals surface area contributed by atoms with Gasteiger partial charge in [0.15, 0.2) is 0 Å². The molecule has 1 heterocycles. The highest BCUT2D eigenvalue weighted by Gasteiger charge is 2.23. The molecule has 0 aromatic carbocycles. The van der Waals surface area contributed by atoms with Crippen LogP contribution in [0.2, 0.25) is 0 Å². The van der Waals surface area contributed by atoms with Crippen molar-refractivity contribution >= 4 is 15.9 Å². The Morgan fingerprint density at radius 1 is 1.64 bits per heavy atom. The molecule has 0 aromatic heterocycles. The Morgan fingerprint density at radius 2 is 2.27 bits per heavy atom. The lowest BCUT2D eigenvalue weighted by atomic mass is 10.4. The minimum Gasteiger partial charge on any atom is -0.358 e. The first-order valence-corrected chi connectivity index (χ1v) is 4.82. The Kier molecular flexibility index (Phi) is 2.82. The fraction of sp³-hybridized carbons (Fsp3) is 0.750. The summed E-state index contributed by atoms with van der Waals surface area (Å²) >= 11 is 3.53. The van der Waals surface area contributed by atoms with Crippen molar-refractivity contribution in [3.8, 4) is 0 Å². The smallest absolute Gasteiger partial charge is 0.0984 e. The molecule has 0 bridgehead atoms. The van der Waals surface area contributed by atoms with Crippen LogP contribution >= 0.6 is 15.9 Å². The molecule has 1 rings (SSSR count). The molecule has 0 fully saturated rings. The zero-order valence-electron chi connectivity index (χ0n) is 7.34. The summed E-state index contributed by atoms with van der Waals surface area (Å²) in [6.45, 7) is 5.54. The lowest BCUT2D eigenvalue weighted by Crippen LogP contribution is -2.34. The molecule has 0 saturated heterocycles. The lowest BCUT2D eigenvalue weighted by Gasteiger charge is -2.27. The van der Waals surface area contributed by atoms with Crippen LogP contribution in [0.1, 0.15) is 20.3 Å². The van der Waals surface area contributed by atoms with E-state index in [0.29, 0.717) is 6.17 Å². The second-order valence-corrected chi connectivity index (χ2v) is 3.76. The number of nitrogens with zero attached hydrogens (tertiary/aromatic N) is 2. The van der Waals surface area contributed by atoms with E-state index in [-0.39, 0.29) is 0 Å². The molecule has 1 aliphatic heterocycles. The minimum absolute atomic E-state index is 0.504. The van der Waals surface area contributed by atoms with Crippen molar-refractivity contribution in [1.29, 1.82) is 0 Å². The Hall–Kier alpha value is -0.180. The van der Waals surface area contributed by atoms with Gasteiger partial charge in [0.2, 0.25) is 0 Å². The van der Waals surface area contributed by atoms with Gasteiger partial charge in [-0.15, -0.1) is 0 Å². The fourth-order valence-corrected chi connectivity index (χ4v) is 2.08. The molecule has 1 atom stereocenters. The van der Waals surface area contributed by atoms with E-state index in [1.165, 1.54) is 11.0 Å². The predicted molar refractivity (Wildman–Crippen MR) is 51.2 cm³/mol. The van der Waals surface area contributed by atoms with Gasteiger partial charge in [0.1, 0.15) is 0 Å². The Morgan fingerprint density at radius 3 is 2.64 bits per heavy atom. The first kappa shape index (κ1) is 8.91. The maximum absolute atomic E-state index is 3.53. The highest BCUT2D eigenvalue weighted by Crippen LogP contribution is 2.25. The number of halogens is 1. The molecule has 0 spiro atoms. The molecule has 11 heavy (non-hydrogen) atoms. The third-order valence-electron chi connectivity index (χ3n) is 2.09. The summed E-state index contributed by atoms with van der Waals surface area (Å²) in [7, 11) is 2.10. The van der Waals surface area contributed by atoms with Gasteiger partial charge >= 0.3 is 0 Å². The van der Waals surface area contributed by atoms with Crippen LogP contribution in [0.15, 0.2) is 10.8 Å². The third-order valence-corrected chi connectivity index (χ3v) is 2.75. The second-order valence-electron chi connectivity index (χ2n) is 2.94. The average Bonchev–Trinajstić information content (AvgIpc) is 2.17. The molecule has 64 valence electrons. The van der Waals surface area contributed by atoms with Gasteiger partial charge in [-0.25, -0.2) is 0 Å². The summed E-state index contributed by atoms with van der Waals surface area (Å²) in [6, 6.07) is 0. The van der Waals surface area contributed by atoms with Gasteiger partial charge in [-0.3, -0.25) is 0 Å². The van der Waals surface area contributed by atoms with Crippen molar-refractivity contribution in [3.05, 3.63) is 10.8 Å². The van der Waals surface area contributed by atoms with E-state index >= 15 is 0 Å². The number of hydrogen-bond acceptors (Lipinski definition) is 2. The Bertz CT molecular complexity index is 167. The summed E-state index contributed by atoms with van der Waals surface area (Å²) in [5, 5.41) is 0. The summed E-state index contributed by atoms with van der Waals surface area (Å²) in [5.41, 5.74) is 0. The molecule has 0 aromatic rings. The monoisotopic (exact) mass is 218 g/mol. The van der Waals surface area contributed by atoms with E-state index in [4.69, 9.17) is 0 Å². The van der Waals surface area contributed by atoms with Crippen molar-refractivity contribution in [2.75, 3.05) is 13.6 Å². The van der Waals surface area contributed by atoms with Gasteiger partial charge in [0.05, 0.1) is 10.8 Å². The normalized spacial score (nSPS) is 24.4. The van der Waals surface area contributed by atoms with E-state index in [9.17, 15) is 0 Å². The van der Waals surface area contributed by atoms with Crippen molar-refractivity contribution in [2.24, 2.45) is 0 Å². The highest BCUT2D eigenvalue weighted by atomic mass is 79.9. The van der Waals surface area contributed by atoms with E-state index in [1.807, 2.05) is 0 Å². The molecule has 0 aliphatic carbocycles. The maximum Gasteiger partial charge on any atom is 0.0984 e. The molecule has 0 saturated carbocycles. The third kappa shape index (κ3) is 1.70. The largest absolute Gasteiger partial charge is 0.358 e. The molecule has 3 heteroatoms. The minimum atomic E-state index is 0.504. The molecular formula is C8H15BrN2. The van der Waals surface area contributed by atoms with Crippen LogP contribution in [0.4, 0.5) is 0 Å². The summed E-state index contributed by atoms with van der Waals surface area (Å²) < 4.78 is 1.20. The van der Waals surface area contributed by atoms with Gasteiger partial charge < -0.3 is 9.80 Å². The molecule has 1 aliphatic rings. The fourth-order valence-electron chi connectivity index (χ4n) is 1.28. The maximum atomic E-state index is 3.53. The molecule has 2 nitrogen and oxygen atoms in total. The Balaban J connectivity index is 2.59. The van der Waals surface area contributed by atoms with Crippen molar-refractivity contribution < 1.29 is 0 Å². The average molecular weight is 219 g/mol. The van der Waals surface area contributed by atoms with Crippen LogP contribution in [-0.2, 0) is 0 Å². The van der Waals surface area contributed by atoms with Gasteiger partial charge in [-0.2, -0.15) is 0 Å². The Labute approximate surface area is 77.0 Å².